The van der Waals surface area contributed by atoms with Gasteiger partial charge in [0, 0.05) is 25.0 Å². The summed E-state index contributed by atoms with van der Waals surface area (Å²) in [6, 6.07) is 3.51. The quantitative estimate of drug-likeness (QED) is 0.797. The number of hydrogen-bond donors (Lipinski definition) is 0. The van der Waals surface area contributed by atoms with Crippen LogP contribution in [0.1, 0.15) is 10.4 Å². The maximum atomic E-state index is 13.1. The molecule has 0 bridgehead atoms. The normalized spacial score (nSPS) is 29.1. The highest BCUT2D eigenvalue weighted by molar-refractivity contribution is 7.92. The summed E-state index contributed by atoms with van der Waals surface area (Å²) in [6.07, 6.45) is 0. The fourth-order valence-electron chi connectivity index (χ4n) is 3.56. The van der Waals surface area contributed by atoms with E-state index in [2.05, 4.69) is 0 Å². The molecule has 1 amide bonds. The maximum absolute atomic E-state index is 13.1. The van der Waals surface area contributed by atoms with Crippen molar-refractivity contribution >= 4 is 27.3 Å². The smallest absolute Gasteiger partial charge is 0.255 e. The third-order valence-electron chi connectivity index (χ3n) is 4.78. The molecule has 0 saturated carbocycles. The predicted octanol–water partition coefficient (Wildman–Crippen LogP) is 1.28. The standard InChI is InChI=1S/C15H18ClFN2O3S/c1-18(2)13-8-23(21,22)14-7-19(6-11(13)14)15(20)10-4-3-9(17)5-12(10)16/h3-5,11,13-14H,6-8H2,1-2H3/t11-,13+,14-/m0/s1. The molecule has 0 N–H and O–H groups in total. The SMILES string of the molecule is CN(C)[C@@H]1CS(=O)(=O)[C@H]2CN(C(=O)c3ccc(F)cc3Cl)C[C@@H]12. The summed E-state index contributed by atoms with van der Waals surface area (Å²) in [5.41, 5.74) is 0.201. The Hall–Kier alpha value is -1.18. The highest BCUT2D eigenvalue weighted by Gasteiger charge is 2.53. The van der Waals surface area contributed by atoms with E-state index in [1.807, 2.05) is 19.0 Å². The Morgan fingerprint density at radius 3 is 2.65 bits per heavy atom. The molecule has 8 heteroatoms. The zero-order chi connectivity index (χ0) is 16.9. The number of carbonyl (C=O) groups excluding carboxylic acids is 1. The number of hydrogen-bond acceptors (Lipinski definition) is 4. The van der Waals surface area contributed by atoms with Gasteiger partial charge in [-0.25, -0.2) is 12.8 Å². The number of fused-ring (bicyclic) bond motifs is 1. The number of sulfone groups is 1. The van der Waals surface area contributed by atoms with Gasteiger partial charge < -0.3 is 9.80 Å². The molecule has 1 aromatic rings. The van der Waals surface area contributed by atoms with Gasteiger partial charge in [0.2, 0.25) is 0 Å². The minimum Gasteiger partial charge on any atom is -0.337 e. The Kier molecular flexibility index (Phi) is 4.14. The molecule has 2 aliphatic rings. The van der Waals surface area contributed by atoms with Crippen LogP contribution in [-0.2, 0) is 9.84 Å². The zero-order valence-electron chi connectivity index (χ0n) is 12.9. The number of nitrogens with zero attached hydrogens (tertiary/aromatic N) is 2. The van der Waals surface area contributed by atoms with Crippen molar-refractivity contribution in [3.63, 3.8) is 0 Å². The molecule has 23 heavy (non-hydrogen) atoms. The molecule has 2 aliphatic heterocycles. The van der Waals surface area contributed by atoms with E-state index in [9.17, 15) is 17.6 Å². The van der Waals surface area contributed by atoms with Gasteiger partial charge in [-0.05, 0) is 32.3 Å². The highest BCUT2D eigenvalue weighted by atomic mass is 35.5. The van der Waals surface area contributed by atoms with Crippen LogP contribution in [0.5, 0.6) is 0 Å². The Morgan fingerprint density at radius 2 is 2.04 bits per heavy atom. The van der Waals surface area contributed by atoms with Crippen LogP contribution in [0.25, 0.3) is 0 Å². The summed E-state index contributed by atoms with van der Waals surface area (Å²) in [5, 5.41) is -0.489. The Balaban J connectivity index is 1.86. The molecule has 0 spiro atoms. The van der Waals surface area contributed by atoms with E-state index in [1.165, 1.54) is 17.0 Å². The number of rotatable bonds is 2. The number of amides is 1. The second-order valence-electron chi connectivity index (χ2n) is 6.40. The van der Waals surface area contributed by atoms with Gasteiger partial charge in [-0.3, -0.25) is 4.79 Å². The van der Waals surface area contributed by atoms with Gasteiger partial charge in [0.15, 0.2) is 9.84 Å². The molecule has 0 radical (unpaired) electrons. The van der Waals surface area contributed by atoms with Gasteiger partial charge >= 0.3 is 0 Å². The topological polar surface area (TPSA) is 57.7 Å². The summed E-state index contributed by atoms with van der Waals surface area (Å²) in [6.45, 7) is 0.545. The molecular weight excluding hydrogens is 343 g/mol. The highest BCUT2D eigenvalue weighted by Crippen LogP contribution is 2.36. The van der Waals surface area contributed by atoms with E-state index in [-0.39, 0.29) is 40.8 Å². The summed E-state index contributed by atoms with van der Waals surface area (Å²) in [7, 11) is 0.490. The van der Waals surface area contributed by atoms with E-state index in [4.69, 9.17) is 11.6 Å². The molecule has 1 aromatic carbocycles. The zero-order valence-corrected chi connectivity index (χ0v) is 14.4. The average Bonchev–Trinajstić information content (AvgIpc) is 2.98. The average molecular weight is 361 g/mol. The van der Waals surface area contributed by atoms with Crippen LogP contribution < -0.4 is 0 Å². The molecule has 0 aliphatic carbocycles. The first-order chi connectivity index (χ1) is 10.7. The van der Waals surface area contributed by atoms with Gasteiger partial charge in [-0.15, -0.1) is 0 Å². The van der Waals surface area contributed by atoms with Crippen LogP contribution in [0.3, 0.4) is 0 Å². The van der Waals surface area contributed by atoms with Crippen molar-refractivity contribution < 1.29 is 17.6 Å². The van der Waals surface area contributed by atoms with Crippen molar-refractivity contribution in [2.75, 3.05) is 32.9 Å². The summed E-state index contributed by atoms with van der Waals surface area (Å²) < 4.78 is 37.8. The van der Waals surface area contributed by atoms with E-state index < -0.39 is 20.9 Å². The van der Waals surface area contributed by atoms with Gasteiger partial charge in [0.25, 0.3) is 5.91 Å². The second kappa shape index (κ2) is 5.72. The van der Waals surface area contributed by atoms with E-state index in [0.29, 0.717) is 6.54 Å². The molecule has 5 nitrogen and oxygen atoms in total. The largest absolute Gasteiger partial charge is 0.337 e. The lowest BCUT2D eigenvalue weighted by Crippen LogP contribution is -2.38. The first-order valence-corrected chi connectivity index (χ1v) is 9.42. The lowest BCUT2D eigenvalue weighted by molar-refractivity contribution is 0.0779. The molecular formula is C15H18ClFN2O3S. The molecule has 126 valence electrons. The van der Waals surface area contributed by atoms with Gasteiger partial charge in [0.05, 0.1) is 21.6 Å². The Labute approximate surface area is 139 Å². The van der Waals surface area contributed by atoms with E-state index in [1.54, 1.807) is 0 Å². The van der Waals surface area contributed by atoms with Crippen LogP contribution in [-0.4, -0.2) is 68.4 Å². The van der Waals surface area contributed by atoms with Crippen LogP contribution in [0.15, 0.2) is 18.2 Å². The summed E-state index contributed by atoms with van der Waals surface area (Å²) in [4.78, 5) is 16.0. The van der Waals surface area contributed by atoms with Crippen molar-refractivity contribution in [2.24, 2.45) is 5.92 Å². The van der Waals surface area contributed by atoms with E-state index >= 15 is 0 Å². The summed E-state index contributed by atoms with van der Waals surface area (Å²) >= 11 is 5.94. The number of benzene rings is 1. The van der Waals surface area contributed by atoms with Gasteiger partial charge in [0.1, 0.15) is 5.82 Å². The van der Waals surface area contributed by atoms with Crippen LogP contribution in [0.4, 0.5) is 4.39 Å². The third kappa shape index (κ3) is 2.86. The minimum atomic E-state index is -3.21. The fraction of sp³-hybridized carbons (Fsp3) is 0.533. The van der Waals surface area contributed by atoms with Crippen LogP contribution in [0, 0.1) is 11.7 Å². The first kappa shape index (κ1) is 16.7. The number of carbonyl (C=O) groups is 1. The number of likely N-dealkylation sites (tertiary alicyclic amines) is 1. The van der Waals surface area contributed by atoms with Crippen molar-refractivity contribution in [2.45, 2.75) is 11.3 Å². The number of halogens is 2. The van der Waals surface area contributed by atoms with Crippen molar-refractivity contribution in [1.82, 2.24) is 9.80 Å². The van der Waals surface area contributed by atoms with Gasteiger partial charge in [-0.2, -0.15) is 0 Å². The van der Waals surface area contributed by atoms with Crippen molar-refractivity contribution in [3.8, 4) is 0 Å². The maximum Gasteiger partial charge on any atom is 0.255 e. The molecule has 0 aromatic heterocycles. The monoisotopic (exact) mass is 360 g/mol. The molecule has 2 fully saturated rings. The lowest BCUT2D eigenvalue weighted by atomic mass is 10.00. The third-order valence-corrected chi connectivity index (χ3v) is 7.32. The van der Waals surface area contributed by atoms with Crippen molar-refractivity contribution in [1.29, 1.82) is 0 Å². The van der Waals surface area contributed by atoms with Crippen LogP contribution in [0.2, 0.25) is 5.02 Å². The predicted molar refractivity (Wildman–Crippen MR) is 85.9 cm³/mol. The molecule has 0 unspecified atom stereocenters. The summed E-state index contributed by atoms with van der Waals surface area (Å²) in [5.74, 6) is -0.829. The fourth-order valence-corrected chi connectivity index (χ4v) is 6.29. The van der Waals surface area contributed by atoms with Gasteiger partial charge in [-0.1, -0.05) is 11.6 Å². The Morgan fingerprint density at radius 1 is 1.35 bits per heavy atom. The first-order valence-electron chi connectivity index (χ1n) is 7.33. The molecule has 2 heterocycles. The Bertz CT molecular complexity index is 753. The lowest BCUT2D eigenvalue weighted by Gasteiger charge is -2.25. The van der Waals surface area contributed by atoms with Crippen molar-refractivity contribution in [3.05, 3.63) is 34.6 Å². The molecule has 2 saturated heterocycles. The second-order valence-corrected chi connectivity index (χ2v) is 9.07. The minimum absolute atomic E-state index is 0.0408. The van der Waals surface area contributed by atoms with Crippen LogP contribution >= 0.6 is 11.6 Å². The molecule has 3 rings (SSSR count). The molecule has 3 atom stereocenters. The van der Waals surface area contributed by atoms with E-state index in [0.717, 1.165) is 6.07 Å².